The molecule has 0 aliphatic carbocycles. The fourth-order valence-electron chi connectivity index (χ4n) is 1.88. The second-order valence-electron chi connectivity index (χ2n) is 3.87. The molecule has 0 unspecified atom stereocenters. The maximum atomic E-state index is 5.76. The van der Waals surface area contributed by atoms with E-state index in [1.54, 1.807) is 0 Å². The standard InChI is InChI=1S/C11H15N3/c1-7(2)14-8(3)13-10-5-4-9(12)6-11(10)14/h4-7H,12H2,1-3H3. The van der Waals surface area contributed by atoms with E-state index in [1.165, 1.54) is 0 Å². The molecule has 14 heavy (non-hydrogen) atoms. The molecule has 2 aromatic rings. The molecule has 0 fully saturated rings. The molecular formula is C11H15N3. The van der Waals surface area contributed by atoms with Crippen LogP contribution in [0.25, 0.3) is 11.0 Å². The number of benzene rings is 1. The van der Waals surface area contributed by atoms with Gasteiger partial charge in [0.1, 0.15) is 5.82 Å². The molecule has 1 aromatic heterocycles. The van der Waals surface area contributed by atoms with Gasteiger partial charge >= 0.3 is 0 Å². The van der Waals surface area contributed by atoms with Crippen LogP contribution in [-0.4, -0.2) is 9.55 Å². The van der Waals surface area contributed by atoms with E-state index >= 15 is 0 Å². The summed E-state index contributed by atoms with van der Waals surface area (Å²) in [4.78, 5) is 4.48. The first-order valence-electron chi connectivity index (χ1n) is 4.83. The Hall–Kier alpha value is -1.51. The number of rotatable bonds is 1. The third kappa shape index (κ3) is 1.25. The van der Waals surface area contributed by atoms with Crippen molar-refractivity contribution in [3.05, 3.63) is 24.0 Å². The van der Waals surface area contributed by atoms with Crippen LogP contribution in [0.15, 0.2) is 18.2 Å². The van der Waals surface area contributed by atoms with Gasteiger partial charge in [-0.2, -0.15) is 0 Å². The molecule has 3 nitrogen and oxygen atoms in total. The Bertz CT molecular complexity index is 469. The van der Waals surface area contributed by atoms with Crippen LogP contribution in [-0.2, 0) is 0 Å². The highest BCUT2D eigenvalue weighted by Gasteiger charge is 2.09. The lowest BCUT2D eigenvalue weighted by Crippen LogP contribution is -2.02. The highest BCUT2D eigenvalue weighted by atomic mass is 15.1. The van der Waals surface area contributed by atoms with Crippen molar-refractivity contribution in [2.75, 3.05) is 5.73 Å². The molecule has 1 heterocycles. The van der Waals surface area contributed by atoms with Crippen LogP contribution in [0.1, 0.15) is 25.7 Å². The van der Waals surface area contributed by atoms with Crippen molar-refractivity contribution in [3.63, 3.8) is 0 Å². The molecule has 0 spiro atoms. The highest BCUT2D eigenvalue weighted by molar-refractivity contribution is 5.79. The number of hydrogen-bond donors (Lipinski definition) is 1. The molecule has 0 bridgehead atoms. The van der Waals surface area contributed by atoms with E-state index in [0.717, 1.165) is 22.5 Å². The Morgan fingerprint density at radius 3 is 2.71 bits per heavy atom. The molecule has 0 saturated carbocycles. The van der Waals surface area contributed by atoms with Crippen LogP contribution < -0.4 is 5.73 Å². The SMILES string of the molecule is Cc1nc2ccc(N)cc2n1C(C)C. The third-order valence-electron chi connectivity index (χ3n) is 2.41. The Labute approximate surface area is 83.6 Å². The van der Waals surface area contributed by atoms with Gasteiger partial charge in [0.05, 0.1) is 11.0 Å². The quantitative estimate of drug-likeness (QED) is 0.700. The number of fused-ring (bicyclic) bond motifs is 1. The Balaban J connectivity index is 2.79. The molecule has 2 N–H and O–H groups in total. The van der Waals surface area contributed by atoms with Gasteiger partial charge in [-0.1, -0.05) is 0 Å². The average Bonchev–Trinajstić information content (AvgIpc) is 2.40. The van der Waals surface area contributed by atoms with Crippen LogP contribution >= 0.6 is 0 Å². The molecule has 0 aliphatic rings. The molecule has 0 aliphatic heterocycles. The summed E-state index contributed by atoms with van der Waals surface area (Å²) in [5, 5.41) is 0. The second kappa shape index (κ2) is 3.01. The van der Waals surface area contributed by atoms with Gasteiger partial charge in [0.15, 0.2) is 0 Å². The Morgan fingerprint density at radius 1 is 1.36 bits per heavy atom. The van der Waals surface area contributed by atoms with Crippen molar-refractivity contribution in [2.45, 2.75) is 26.8 Å². The molecular weight excluding hydrogens is 174 g/mol. The minimum Gasteiger partial charge on any atom is -0.399 e. The van der Waals surface area contributed by atoms with E-state index in [2.05, 4.69) is 23.4 Å². The lowest BCUT2D eigenvalue weighted by Gasteiger charge is -2.10. The summed E-state index contributed by atoms with van der Waals surface area (Å²) in [6, 6.07) is 6.26. The summed E-state index contributed by atoms with van der Waals surface area (Å²) < 4.78 is 2.20. The first kappa shape index (κ1) is 9.06. The number of hydrogen-bond acceptors (Lipinski definition) is 2. The normalized spacial score (nSPS) is 11.4. The maximum absolute atomic E-state index is 5.76. The van der Waals surface area contributed by atoms with Gasteiger partial charge in [-0.05, 0) is 39.0 Å². The van der Waals surface area contributed by atoms with Crippen molar-refractivity contribution in [3.8, 4) is 0 Å². The van der Waals surface area contributed by atoms with Crippen LogP contribution in [0.2, 0.25) is 0 Å². The van der Waals surface area contributed by atoms with Gasteiger partial charge in [0, 0.05) is 11.7 Å². The van der Waals surface area contributed by atoms with Gasteiger partial charge in [-0.3, -0.25) is 0 Å². The Morgan fingerprint density at radius 2 is 2.07 bits per heavy atom. The number of aryl methyl sites for hydroxylation is 1. The van der Waals surface area contributed by atoms with E-state index in [4.69, 9.17) is 5.73 Å². The van der Waals surface area contributed by atoms with Gasteiger partial charge in [-0.15, -0.1) is 0 Å². The number of nitrogen functional groups attached to an aromatic ring is 1. The van der Waals surface area contributed by atoms with Gasteiger partial charge in [0.2, 0.25) is 0 Å². The Kier molecular flexibility index (Phi) is 1.95. The van der Waals surface area contributed by atoms with Crippen molar-refractivity contribution in [1.29, 1.82) is 0 Å². The van der Waals surface area contributed by atoms with E-state index in [9.17, 15) is 0 Å². The molecule has 0 saturated heterocycles. The zero-order valence-electron chi connectivity index (χ0n) is 8.78. The van der Waals surface area contributed by atoms with Crippen molar-refractivity contribution >= 4 is 16.7 Å². The lowest BCUT2D eigenvalue weighted by atomic mass is 10.2. The molecule has 2 rings (SSSR count). The third-order valence-corrected chi connectivity index (χ3v) is 2.41. The monoisotopic (exact) mass is 189 g/mol. The number of aromatic nitrogens is 2. The summed E-state index contributed by atoms with van der Waals surface area (Å²) >= 11 is 0. The number of nitrogens with two attached hydrogens (primary N) is 1. The smallest absolute Gasteiger partial charge is 0.106 e. The number of anilines is 1. The fraction of sp³-hybridized carbons (Fsp3) is 0.364. The summed E-state index contributed by atoms with van der Waals surface area (Å²) in [7, 11) is 0. The molecule has 3 heteroatoms. The largest absolute Gasteiger partial charge is 0.399 e. The minimum absolute atomic E-state index is 0.418. The van der Waals surface area contributed by atoms with Crippen LogP contribution in [0.5, 0.6) is 0 Å². The van der Waals surface area contributed by atoms with E-state index in [1.807, 2.05) is 25.1 Å². The van der Waals surface area contributed by atoms with Gasteiger partial charge in [-0.25, -0.2) is 4.98 Å². The van der Waals surface area contributed by atoms with E-state index in [0.29, 0.717) is 6.04 Å². The zero-order valence-corrected chi connectivity index (χ0v) is 8.78. The van der Waals surface area contributed by atoms with E-state index in [-0.39, 0.29) is 0 Å². The lowest BCUT2D eigenvalue weighted by molar-refractivity contribution is 0.600. The number of nitrogens with zero attached hydrogens (tertiary/aromatic N) is 2. The predicted octanol–water partition coefficient (Wildman–Crippen LogP) is 2.51. The first-order chi connectivity index (χ1) is 6.59. The zero-order chi connectivity index (χ0) is 10.3. The summed E-state index contributed by atoms with van der Waals surface area (Å²) in [5.74, 6) is 1.04. The molecule has 0 amide bonds. The van der Waals surface area contributed by atoms with Gasteiger partial charge < -0.3 is 10.3 Å². The summed E-state index contributed by atoms with van der Waals surface area (Å²) in [6.07, 6.45) is 0. The number of imidazole rings is 1. The summed E-state index contributed by atoms with van der Waals surface area (Å²) in [5.41, 5.74) is 8.69. The topological polar surface area (TPSA) is 43.8 Å². The van der Waals surface area contributed by atoms with Crippen LogP contribution in [0, 0.1) is 6.92 Å². The molecule has 1 aromatic carbocycles. The average molecular weight is 189 g/mol. The minimum atomic E-state index is 0.418. The van der Waals surface area contributed by atoms with Crippen LogP contribution in [0.3, 0.4) is 0 Å². The molecule has 0 radical (unpaired) electrons. The predicted molar refractivity (Wildman–Crippen MR) is 59.3 cm³/mol. The van der Waals surface area contributed by atoms with Crippen LogP contribution in [0.4, 0.5) is 5.69 Å². The summed E-state index contributed by atoms with van der Waals surface area (Å²) in [6.45, 7) is 6.32. The van der Waals surface area contributed by atoms with Crippen molar-refractivity contribution in [2.24, 2.45) is 0 Å². The van der Waals surface area contributed by atoms with E-state index < -0.39 is 0 Å². The first-order valence-corrected chi connectivity index (χ1v) is 4.83. The second-order valence-corrected chi connectivity index (χ2v) is 3.87. The van der Waals surface area contributed by atoms with Gasteiger partial charge in [0.25, 0.3) is 0 Å². The fourth-order valence-corrected chi connectivity index (χ4v) is 1.88. The molecule has 74 valence electrons. The highest BCUT2D eigenvalue weighted by Crippen LogP contribution is 2.22. The van der Waals surface area contributed by atoms with Crippen molar-refractivity contribution in [1.82, 2.24) is 9.55 Å². The molecule has 0 atom stereocenters. The maximum Gasteiger partial charge on any atom is 0.106 e. The van der Waals surface area contributed by atoms with Crippen molar-refractivity contribution < 1.29 is 0 Å².